The Morgan fingerprint density at radius 1 is 0.951 bits per heavy atom. The van der Waals surface area contributed by atoms with Crippen molar-refractivity contribution in [3.8, 4) is 0 Å². The van der Waals surface area contributed by atoms with Crippen LogP contribution >= 0.6 is 0 Å². The number of anilines is 1. The molecule has 1 unspecified atom stereocenters. The van der Waals surface area contributed by atoms with Gasteiger partial charge in [0.05, 0.1) is 6.67 Å². The number of carbonyl (C=O) groups is 1. The number of rotatable bonds is 7. The highest BCUT2D eigenvalue weighted by Gasteiger charge is 2.54. The van der Waals surface area contributed by atoms with E-state index >= 15 is 0 Å². The molecule has 3 heterocycles. The first kappa shape index (κ1) is 26.9. The smallest absolute Gasteiger partial charge is 0.250 e. The predicted molar refractivity (Wildman–Crippen MR) is 160 cm³/mol. The lowest BCUT2D eigenvalue weighted by atomic mass is 9.84. The van der Waals surface area contributed by atoms with Gasteiger partial charge >= 0.3 is 0 Å². The van der Waals surface area contributed by atoms with Crippen LogP contribution in [-0.2, 0) is 11.2 Å². The maximum atomic E-state index is 14.2. The number of aliphatic hydroxyl groups is 1. The second kappa shape index (κ2) is 11.0. The Morgan fingerprint density at radius 3 is 2.51 bits per heavy atom. The number of benzene rings is 3. The van der Waals surface area contributed by atoms with Crippen LogP contribution in [0.15, 0.2) is 60.7 Å². The molecule has 1 N–H and O–H groups in total. The second-order valence-electron chi connectivity index (χ2n) is 12.6. The van der Waals surface area contributed by atoms with E-state index in [-0.39, 0.29) is 18.3 Å². The number of hydrogen-bond donors (Lipinski definition) is 1. The van der Waals surface area contributed by atoms with Gasteiger partial charge in [0.25, 0.3) is 0 Å². The largest absolute Gasteiger partial charge is 0.396 e. The van der Waals surface area contributed by atoms with Crippen LogP contribution in [0.25, 0.3) is 10.8 Å². The minimum Gasteiger partial charge on any atom is -0.396 e. The van der Waals surface area contributed by atoms with Crippen LogP contribution in [0.2, 0.25) is 0 Å². The Balaban J connectivity index is 1.07. The fourth-order valence-corrected chi connectivity index (χ4v) is 8.12. The van der Waals surface area contributed by atoms with Gasteiger partial charge in [0.1, 0.15) is 11.4 Å². The van der Waals surface area contributed by atoms with E-state index in [1.54, 1.807) is 0 Å². The van der Waals surface area contributed by atoms with E-state index in [9.17, 15) is 14.3 Å². The summed E-state index contributed by atoms with van der Waals surface area (Å²) >= 11 is 0. The standard InChI is InChI=1S/C34H41FN4O2/c35-28-10-12-29(13-11-28)39-24-38(18-4-17-36-16-3-5-25(22-36)23-40)33(41)34(39)14-19-37(20-15-34)31-21-27-8-1-6-26-7-2-9-30(31)32(26)27/h1-2,6-13,25,31,40H,3-5,14-24H2/t25?,31-/m1/s1. The van der Waals surface area contributed by atoms with E-state index in [2.05, 4.69) is 51.1 Å². The Morgan fingerprint density at radius 2 is 1.73 bits per heavy atom. The maximum absolute atomic E-state index is 14.2. The summed E-state index contributed by atoms with van der Waals surface area (Å²) in [7, 11) is 0. The van der Waals surface area contributed by atoms with Crippen molar-refractivity contribution in [1.29, 1.82) is 0 Å². The van der Waals surface area contributed by atoms with Crippen LogP contribution in [-0.4, -0.2) is 83.8 Å². The van der Waals surface area contributed by atoms with Crippen molar-refractivity contribution in [3.63, 3.8) is 0 Å². The Hall–Kier alpha value is -3.00. The lowest BCUT2D eigenvalue weighted by Crippen LogP contribution is -2.57. The number of aliphatic hydroxyl groups excluding tert-OH is 1. The van der Waals surface area contributed by atoms with Crippen LogP contribution in [0.3, 0.4) is 0 Å². The summed E-state index contributed by atoms with van der Waals surface area (Å²) in [6.07, 6.45) is 5.73. The molecular formula is C34H41FN4O2. The molecule has 3 aromatic carbocycles. The minimum atomic E-state index is -0.584. The molecule has 41 heavy (non-hydrogen) atoms. The third-order valence-electron chi connectivity index (χ3n) is 10.3. The first-order valence-electron chi connectivity index (χ1n) is 15.5. The van der Waals surface area contributed by atoms with Crippen molar-refractivity contribution in [3.05, 3.63) is 77.6 Å². The normalized spacial score (nSPS) is 24.7. The molecule has 3 fully saturated rings. The molecule has 7 rings (SSSR count). The van der Waals surface area contributed by atoms with E-state index in [1.165, 1.54) is 34.0 Å². The van der Waals surface area contributed by atoms with Gasteiger partial charge in [0, 0.05) is 44.5 Å². The Bertz CT molecular complexity index is 1400. The van der Waals surface area contributed by atoms with Crippen LogP contribution in [0.5, 0.6) is 0 Å². The molecule has 0 saturated carbocycles. The molecule has 1 aliphatic carbocycles. The molecule has 2 atom stereocenters. The molecule has 3 saturated heterocycles. The molecule has 7 heteroatoms. The first-order valence-corrected chi connectivity index (χ1v) is 15.5. The van der Waals surface area contributed by atoms with Crippen molar-refractivity contribution in [2.45, 2.75) is 50.1 Å². The van der Waals surface area contributed by atoms with E-state index < -0.39 is 5.54 Å². The van der Waals surface area contributed by atoms with Crippen LogP contribution in [0.4, 0.5) is 10.1 Å². The highest BCUT2D eigenvalue weighted by Crippen LogP contribution is 2.45. The van der Waals surface area contributed by atoms with Crippen molar-refractivity contribution in [1.82, 2.24) is 14.7 Å². The number of halogens is 1. The molecule has 4 aliphatic rings. The number of hydrogen-bond acceptors (Lipinski definition) is 5. The molecular weight excluding hydrogens is 515 g/mol. The van der Waals surface area contributed by atoms with Crippen LogP contribution < -0.4 is 4.90 Å². The van der Waals surface area contributed by atoms with Gasteiger partial charge in [-0.15, -0.1) is 0 Å². The fourth-order valence-electron chi connectivity index (χ4n) is 8.12. The quantitative estimate of drug-likeness (QED) is 0.453. The summed E-state index contributed by atoms with van der Waals surface area (Å²) in [4.78, 5) is 23.6. The zero-order valence-corrected chi connectivity index (χ0v) is 23.8. The zero-order chi connectivity index (χ0) is 28.0. The van der Waals surface area contributed by atoms with Gasteiger partial charge < -0.3 is 19.8 Å². The second-order valence-corrected chi connectivity index (χ2v) is 12.6. The van der Waals surface area contributed by atoms with Gasteiger partial charge in [-0.05, 0) is 104 Å². The van der Waals surface area contributed by atoms with Crippen molar-refractivity contribution in [2.24, 2.45) is 5.92 Å². The molecule has 216 valence electrons. The van der Waals surface area contributed by atoms with Crippen molar-refractivity contribution in [2.75, 3.05) is 57.4 Å². The van der Waals surface area contributed by atoms with Gasteiger partial charge in [-0.3, -0.25) is 9.69 Å². The predicted octanol–water partition coefficient (Wildman–Crippen LogP) is 4.81. The van der Waals surface area contributed by atoms with E-state index in [0.717, 1.165) is 83.5 Å². The van der Waals surface area contributed by atoms with Gasteiger partial charge in [0.15, 0.2) is 0 Å². The fraction of sp³-hybridized carbons (Fsp3) is 0.500. The lowest BCUT2D eigenvalue weighted by Gasteiger charge is -2.45. The van der Waals surface area contributed by atoms with E-state index in [1.807, 2.05) is 17.0 Å². The maximum Gasteiger partial charge on any atom is 0.250 e. The Labute approximate surface area is 242 Å². The number of likely N-dealkylation sites (tertiary alicyclic amines) is 2. The van der Waals surface area contributed by atoms with Crippen LogP contribution in [0.1, 0.15) is 49.3 Å². The number of nitrogens with zero attached hydrogens (tertiary/aromatic N) is 4. The van der Waals surface area contributed by atoms with Gasteiger partial charge in [-0.1, -0.05) is 36.4 Å². The number of carbonyl (C=O) groups excluding carboxylic acids is 1. The van der Waals surface area contributed by atoms with Gasteiger partial charge in [0.2, 0.25) is 5.91 Å². The topological polar surface area (TPSA) is 50.3 Å². The zero-order valence-electron chi connectivity index (χ0n) is 23.8. The van der Waals surface area contributed by atoms with Crippen molar-refractivity contribution >= 4 is 22.4 Å². The summed E-state index contributed by atoms with van der Waals surface area (Å²) in [5.74, 6) is 0.349. The molecule has 3 aliphatic heterocycles. The lowest BCUT2D eigenvalue weighted by molar-refractivity contribution is -0.133. The average Bonchev–Trinajstić information content (AvgIpc) is 3.51. The third-order valence-corrected chi connectivity index (χ3v) is 10.3. The average molecular weight is 557 g/mol. The van der Waals surface area contributed by atoms with E-state index in [0.29, 0.717) is 18.6 Å². The third kappa shape index (κ3) is 4.82. The van der Waals surface area contributed by atoms with Crippen molar-refractivity contribution < 1.29 is 14.3 Å². The van der Waals surface area contributed by atoms with Crippen LogP contribution in [0, 0.1) is 11.7 Å². The summed E-state index contributed by atoms with van der Waals surface area (Å²) in [5.41, 5.74) is 3.19. The minimum absolute atomic E-state index is 0.227. The summed E-state index contributed by atoms with van der Waals surface area (Å²) in [6, 6.07) is 20.3. The summed E-state index contributed by atoms with van der Waals surface area (Å²) in [5, 5.41) is 12.3. The van der Waals surface area contributed by atoms with E-state index in [4.69, 9.17) is 0 Å². The van der Waals surface area contributed by atoms with Gasteiger partial charge in [-0.2, -0.15) is 0 Å². The molecule has 1 amide bonds. The molecule has 3 aromatic rings. The highest BCUT2D eigenvalue weighted by atomic mass is 19.1. The molecule has 1 spiro atoms. The number of piperidine rings is 2. The monoisotopic (exact) mass is 556 g/mol. The molecule has 0 radical (unpaired) electrons. The Kier molecular flexibility index (Phi) is 7.21. The van der Waals surface area contributed by atoms with Gasteiger partial charge in [-0.25, -0.2) is 4.39 Å². The molecule has 0 bridgehead atoms. The highest BCUT2D eigenvalue weighted by molar-refractivity contribution is 5.94. The summed E-state index contributed by atoms with van der Waals surface area (Å²) < 4.78 is 13.9. The number of amides is 1. The molecule has 0 aromatic heterocycles. The first-order chi connectivity index (χ1) is 20.1. The SMILES string of the molecule is O=C1N(CCCN2CCCC(CO)C2)CN(c2ccc(F)cc2)C12CCN([C@@H]1Cc3cccc4cccc1c34)CC2. The summed E-state index contributed by atoms with van der Waals surface area (Å²) in [6.45, 7) is 6.24. The molecule has 6 nitrogen and oxygen atoms in total.